The molecular formula is C8H12Cl2N2Si. The van der Waals surface area contributed by atoms with Crippen molar-refractivity contribution in [2.75, 3.05) is 0 Å². The van der Waals surface area contributed by atoms with Gasteiger partial charge in [-0.2, -0.15) is 10.5 Å². The van der Waals surface area contributed by atoms with E-state index in [9.17, 15) is 0 Å². The van der Waals surface area contributed by atoms with E-state index >= 15 is 0 Å². The highest BCUT2D eigenvalue weighted by atomic mass is 35.7. The summed E-state index contributed by atoms with van der Waals surface area (Å²) in [5, 5.41) is 17.6. The van der Waals surface area contributed by atoms with Crippen molar-refractivity contribution in [1.82, 2.24) is 0 Å². The smallest absolute Gasteiger partial charge is 0.198 e. The Bertz CT molecular complexity index is 218. The normalized spacial score (nSPS) is 15.5. The summed E-state index contributed by atoms with van der Waals surface area (Å²) in [6, 6.07) is 4.18. The number of nitrogens with zero attached hydrogens (tertiary/aromatic N) is 2. The van der Waals surface area contributed by atoms with Crippen LogP contribution in [0.1, 0.15) is 26.7 Å². The Morgan fingerprint density at radius 1 is 1.08 bits per heavy atom. The minimum atomic E-state index is -2.74. The third-order valence-corrected chi connectivity index (χ3v) is 8.15. The van der Waals surface area contributed by atoms with E-state index in [-0.39, 0.29) is 11.1 Å². The minimum Gasteiger partial charge on any atom is -0.198 e. The molecule has 0 N–H and O–H groups in total. The van der Waals surface area contributed by atoms with Gasteiger partial charge in [0.05, 0.1) is 23.2 Å². The van der Waals surface area contributed by atoms with E-state index < -0.39 is 6.69 Å². The van der Waals surface area contributed by atoms with Gasteiger partial charge in [0.1, 0.15) is 0 Å². The molecule has 0 heterocycles. The Balaban J connectivity index is 4.73. The minimum absolute atomic E-state index is 0.347. The molecule has 0 fully saturated rings. The Kier molecular flexibility index (Phi) is 5.40. The summed E-state index contributed by atoms with van der Waals surface area (Å²) < 4.78 is 0. The Hall–Kier alpha value is -0.223. The fourth-order valence-electron chi connectivity index (χ4n) is 1.14. The number of halogens is 2. The first-order chi connectivity index (χ1) is 6.04. The zero-order valence-corrected chi connectivity index (χ0v) is 10.2. The molecule has 0 spiro atoms. The zero-order valence-electron chi connectivity index (χ0n) is 7.72. The molecule has 0 amide bonds. The third-order valence-electron chi connectivity index (χ3n) is 2.06. The van der Waals surface area contributed by atoms with Gasteiger partial charge in [0.25, 0.3) is 6.69 Å². The second kappa shape index (κ2) is 5.50. The summed E-state index contributed by atoms with van der Waals surface area (Å²) in [5.74, 6) is 0. The van der Waals surface area contributed by atoms with Crippen LogP contribution in [-0.4, -0.2) is 6.69 Å². The van der Waals surface area contributed by atoms with Crippen molar-refractivity contribution in [2.24, 2.45) is 0 Å². The standard InChI is InChI=1S/C8H12Cl2N2Si/c1-3-7(5-11)13(9,10)8(4-2)6-12/h7-8H,3-4H2,1-2H3/t7-,8+. The maximum atomic E-state index is 8.81. The van der Waals surface area contributed by atoms with Crippen LogP contribution in [0.4, 0.5) is 0 Å². The molecule has 0 saturated heterocycles. The molecule has 72 valence electrons. The van der Waals surface area contributed by atoms with Crippen molar-refractivity contribution >= 4 is 28.9 Å². The first kappa shape index (κ1) is 12.8. The van der Waals surface area contributed by atoms with E-state index in [4.69, 9.17) is 32.7 Å². The van der Waals surface area contributed by atoms with Gasteiger partial charge in [-0.25, -0.2) is 0 Å². The fraction of sp³-hybridized carbons (Fsp3) is 0.750. The monoisotopic (exact) mass is 234 g/mol. The van der Waals surface area contributed by atoms with Gasteiger partial charge < -0.3 is 0 Å². The van der Waals surface area contributed by atoms with Gasteiger partial charge in [0.15, 0.2) is 0 Å². The number of hydrogen-bond acceptors (Lipinski definition) is 2. The second-order valence-corrected chi connectivity index (χ2v) is 9.93. The van der Waals surface area contributed by atoms with Gasteiger partial charge in [-0.3, -0.25) is 0 Å². The predicted molar refractivity (Wildman–Crippen MR) is 56.8 cm³/mol. The van der Waals surface area contributed by atoms with Gasteiger partial charge in [-0.1, -0.05) is 13.8 Å². The average Bonchev–Trinajstić information content (AvgIpc) is 2.07. The molecular weight excluding hydrogens is 223 g/mol. The number of rotatable bonds is 4. The Morgan fingerprint density at radius 3 is 1.54 bits per heavy atom. The quantitative estimate of drug-likeness (QED) is 0.553. The molecule has 0 bridgehead atoms. The lowest BCUT2D eigenvalue weighted by Gasteiger charge is -2.24. The van der Waals surface area contributed by atoms with Crippen molar-refractivity contribution < 1.29 is 0 Å². The highest BCUT2D eigenvalue weighted by Gasteiger charge is 2.45. The van der Waals surface area contributed by atoms with Crippen molar-refractivity contribution in [2.45, 2.75) is 37.8 Å². The summed E-state index contributed by atoms with van der Waals surface area (Å²) in [7, 11) is 0. The topological polar surface area (TPSA) is 47.6 Å². The van der Waals surface area contributed by atoms with Crippen LogP contribution in [0.2, 0.25) is 11.1 Å². The Labute approximate surface area is 89.5 Å². The molecule has 2 nitrogen and oxygen atoms in total. The van der Waals surface area contributed by atoms with Gasteiger partial charge in [0, 0.05) is 0 Å². The maximum absolute atomic E-state index is 8.81. The van der Waals surface area contributed by atoms with Gasteiger partial charge in [-0.05, 0) is 12.8 Å². The molecule has 0 rings (SSSR count). The first-order valence-electron chi connectivity index (χ1n) is 4.21. The van der Waals surface area contributed by atoms with Gasteiger partial charge in [0.2, 0.25) is 0 Å². The lowest BCUT2D eigenvalue weighted by atomic mass is 10.3. The molecule has 13 heavy (non-hydrogen) atoms. The van der Waals surface area contributed by atoms with E-state index in [2.05, 4.69) is 12.1 Å². The van der Waals surface area contributed by atoms with E-state index in [1.165, 1.54) is 0 Å². The van der Waals surface area contributed by atoms with Crippen LogP contribution in [0.3, 0.4) is 0 Å². The van der Waals surface area contributed by atoms with Crippen LogP contribution in [0.25, 0.3) is 0 Å². The molecule has 0 radical (unpaired) electrons. The molecule has 0 aromatic heterocycles. The second-order valence-electron chi connectivity index (χ2n) is 2.85. The number of hydrogen-bond donors (Lipinski definition) is 0. The molecule has 0 unspecified atom stereocenters. The largest absolute Gasteiger partial charge is 0.284 e. The molecule has 0 aromatic rings. The summed E-state index contributed by atoms with van der Waals surface area (Å²) in [6.45, 7) is 0.991. The van der Waals surface area contributed by atoms with Crippen LogP contribution in [0, 0.1) is 22.7 Å². The van der Waals surface area contributed by atoms with Gasteiger partial charge in [-0.15, -0.1) is 22.2 Å². The fourth-order valence-corrected chi connectivity index (χ4v) is 5.50. The molecule has 0 aliphatic rings. The maximum Gasteiger partial charge on any atom is 0.284 e. The molecule has 0 aliphatic carbocycles. The van der Waals surface area contributed by atoms with E-state index in [0.29, 0.717) is 12.8 Å². The van der Waals surface area contributed by atoms with Crippen LogP contribution in [0.15, 0.2) is 0 Å². The highest BCUT2D eigenvalue weighted by molar-refractivity contribution is 7.47. The molecule has 0 aromatic carbocycles. The van der Waals surface area contributed by atoms with Crippen molar-refractivity contribution in [1.29, 1.82) is 10.5 Å². The van der Waals surface area contributed by atoms with Crippen molar-refractivity contribution in [3.63, 3.8) is 0 Å². The molecule has 5 heteroatoms. The molecule has 0 saturated carbocycles. The Morgan fingerprint density at radius 2 is 1.38 bits per heavy atom. The first-order valence-corrected chi connectivity index (χ1v) is 8.39. The van der Waals surface area contributed by atoms with Crippen LogP contribution in [-0.2, 0) is 0 Å². The average molecular weight is 235 g/mol. The summed E-state index contributed by atoms with van der Waals surface area (Å²) in [6.07, 6.45) is 1.24. The van der Waals surface area contributed by atoms with Gasteiger partial charge >= 0.3 is 0 Å². The van der Waals surface area contributed by atoms with E-state index in [0.717, 1.165) is 0 Å². The van der Waals surface area contributed by atoms with Crippen molar-refractivity contribution in [3.05, 3.63) is 0 Å². The summed E-state index contributed by atoms with van der Waals surface area (Å²) in [4.78, 5) is 0. The molecule has 2 atom stereocenters. The van der Waals surface area contributed by atoms with Crippen LogP contribution >= 0.6 is 22.2 Å². The predicted octanol–water partition coefficient (Wildman–Crippen LogP) is 3.51. The highest BCUT2D eigenvalue weighted by Crippen LogP contribution is 2.42. The summed E-state index contributed by atoms with van der Waals surface area (Å²) in [5.41, 5.74) is -0.694. The lowest BCUT2D eigenvalue weighted by molar-refractivity contribution is 0.877. The van der Waals surface area contributed by atoms with Crippen molar-refractivity contribution in [3.8, 4) is 12.1 Å². The van der Waals surface area contributed by atoms with Crippen LogP contribution in [0.5, 0.6) is 0 Å². The number of nitriles is 2. The summed E-state index contributed by atoms with van der Waals surface area (Å²) >= 11 is 12.3. The van der Waals surface area contributed by atoms with E-state index in [1.54, 1.807) is 0 Å². The molecule has 0 aliphatic heterocycles. The third kappa shape index (κ3) is 2.88. The lowest BCUT2D eigenvalue weighted by Crippen LogP contribution is -2.31. The van der Waals surface area contributed by atoms with E-state index in [1.807, 2.05) is 13.8 Å². The van der Waals surface area contributed by atoms with Crippen LogP contribution < -0.4 is 0 Å². The zero-order chi connectivity index (χ0) is 10.5. The SMILES string of the molecule is CC[C@@H](C#N)[Si](Cl)(Cl)[C@@H](C#N)CC.